The fraction of sp³-hybridized carbons (Fsp3) is 0.333. The summed E-state index contributed by atoms with van der Waals surface area (Å²) in [6.45, 7) is 0. The average molecular weight is 135 g/mol. The lowest BCUT2D eigenvalue weighted by atomic mass is 11.2. The minimum atomic E-state index is 0.0573. The van der Waals surface area contributed by atoms with E-state index in [1.165, 1.54) is 7.11 Å². The Balaban J connectivity index is 2.84. The predicted octanol–water partition coefficient (Wildman–Crippen LogP) is 0.732. The standard InChI is InChI=1S/C3H3ClN2O2/c1-7-3-5-2(4)6-8-3/h1H3. The van der Waals surface area contributed by atoms with Gasteiger partial charge in [0.1, 0.15) is 0 Å². The Kier molecular flexibility index (Phi) is 1.34. The zero-order chi connectivity index (χ0) is 5.98. The Labute approximate surface area is 50.4 Å². The van der Waals surface area contributed by atoms with Gasteiger partial charge in [-0.2, -0.15) is 0 Å². The maximum absolute atomic E-state index is 5.24. The minimum Gasteiger partial charge on any atom is -0.452 e. The van der Waals surface area contributed by atoms with Gasteiger partial charge in [-0.3, -0.25) is 4.52 Å². The van der Waals surface area contributed by atoms with Crippen molar-refractivity contribution in [1.29, 1.82) is 0 Å². The lowest BCUT2D eigenvalue weighted by Crippen LogP contribution is -1.79. The molecule has 4 nitrogen and oxygen atoms in total. The molecule has 1 aromatic rings. The van der Waals surface area contributed by atoms with Crippen LogP contribution in [0.1, 0.15) is 0 Å². The van der Waals surface area contributed by atoms with E-state index in [4.69, 9.17) is 11.6 Å². The third-order valence-corrected chi connectivity index (χ3v) is 0.711. The zero-order valence-corrected chi connectivity index (χ0v) is 4.84. The maximum atomic E-state index is 5.24. The molecule has 8 heavy (non-hydrogen) atoms. The fourth-order valence-corrected chi connectivity index (χ4v) is 0.379. The molecule has 0 atom stereocenters. The van der Waals surface area contributed by atoms with Crippen LogP contribution in [-0.4, -0.2) is 17.3 Å². The first kappa shape index (κ1) is 5.37. The summed E-state index contributed by atoms with van der Waals surface area (Å²) >= 11 is 5.24. The molecule has 0 aromatic carbocycles. The number of rotatable bonds is 1. The Morgan fingerprint density at radius 3 is 2.75 bits per heavy atom. The highest BCUT2D eigenvalue weighted by Crippen LogP contribution is 2.07. The Bertz CT molecular complexity index is 176. The number of ether oxygens (including phenoxy) is 1. The van der Waals surface area contributed by atoms with Crippen LogP contribution < -0.4 is 4.74 Å². The molecular formula is C3H3ClN2O2. The van der Waals surface area contributed by atoms with E-state index in [0.29, 0.717) is 0 Å². The molecule has 1 aromatic heterocycles. The summed E-state index contributed by atoms with van der Waals surface area (Å²) < 4.78 is 8.91. The van der Waals surface area contributed by atoms with Crippen LogP contribution in [0.5, 0.6) is 6.08 Å². The molecule has 0 N–H and O–H groups in total. The topological polar surface area (TPSA) is 48.2 Å². The lowest BCUT2D eigenvalue weighted by molar-refractivity contribution is 0.250. The van der Waals surface area contributed by atoms with Crippen LogP contribution in [0.4, 0.5) is 0 Å². The summed E-state index contributed by atoms with van der Waals surface area (Å²) in [5.74, 6) is 0. The van der Waals surface area contributed by atoms with Crippen molar-refractivity contribution >= 4 is 11.6 Å². The van der Waals surface area contributed by atoms with Crippen molar-refractivity contribution in [2.24, 2.45) is 0 Å². The van der Waals surface area contributed by atoms with Crippen LogP contribution in [0.15, 0.2) is 4.52 Å². The smallest absolute Gasteiger partial charge is 0.418 e. The molecule has 0 saturated carbocycles. The highest BCUT2D eigenvalue weighted by molar-refractivity contribution is 6.28. The molecular weight excluding hydrogens is 131 g/mol. The number of halogens is 1. The Morgan fingerprint density at radius 1 is 1.75 bits per heavy atom. The largest absolute Gasteiger partial charge is 0.452 e. The predicted molar refractivity (Wildman–Crippen MR) is 25.9 cm³/mol. The molecule has 0 unspecified atom stereocenters. The van der Waals surface area contributed by atoms with Crippen LogP contribution in [0.2, 0.25) is 5.28 Å². The van der Waals surface area contributed by atoms with E-state index in [1.54, 1.807) is 0 Å². The first-order chi connectivity index (χ1) is 3.83. The molecule has 0 fully saturated rings. The van der Waals surface area contributed by atoms with Gasteiger partial charge in [-0.05, 0) is 16.8 Å². The third kappa shape index (κ3) is 0.894. The minimum absolute atomic E-state index is 0.0573. The van der Waals surface area contributed by atoms with Crippen molar-refractivity contribution in [3.63, 3.8) is 0 Å². The molecule has 0 amide bonds. The van der Waals surface area contributed by atoms with Gasteiger partial charge in [-0.1, -0.05) is 0 Å². The number of aromatic nitrogens is 2. The van der Waals surface area contributed by atoms with Gasteiger partial charge in [0.25, 0.3) is 5.28 Å². The van der Waals surface area contributed by atoms with Gasteiger partial charge >= 0.3 is 6.08 Å². The van der Waals surface area contributed by atoms with Gasteiger partial charge < -0.3 is 4.74 Å². The Hall–Kier alpha value is -0.770. The van der Waals surface area contributed by atoms with E-state index >= 15 is 0 Å². The highest BCUT2D eigenvalue weighted by Gasteiger charge is 1.99. The molecule has 0 aliphatic carbocycles. The molecule has 1 rings (SSSR count). The SMILES string of the molecule is COc1nc(Cl)no1. The van der Waals surface area contributed by atoms with E-state index in [-0.39, 0.29) is 11.4 Å². The summed E-state index contributed by atoms with van der Waals surface area (Å²) in [5.41, 5.74) is 0. The zero-order valence-electron chi connectivity index (χ0n) is 4.09. The summed E-state index contributed by atoms with van der Waals surface area (Å²) in [4.78, 5) is 3.49. The van der Waals surface area contributed by atoms with Crippen LogP contribution in [0.25, 0.3) is 0 Å². The average Bonchev–Trinajstić information content (AvgIpc) is 2.14. The van der Waals surface area contributed by atoms with Gasteiger partial charge in [0.15, 0.2) is 0 Å². The summed E-state index contributed by atoms with van der Waals surface area (Å²) in [6.07, 6.45) is 0.0787. The number of hydrogen-bond donors (Lipinski definition) is 0. The number of hydrogen-bond acceptors (Lipinski definition) is 4. The van der Waals surface area contributed by atoms with E-state index in [9.17, 15) is 0 Å². The van der Waals surface area contributed by atoms with Crippen LogP contribution >= 0.6 is 11.6 Å². The van der Waals surface area contributed by atoms with Crippen LogP contribution in [0.3, 0.4) is 0 Å². The van der Waals surface area contributed by atoms with Crippen molar-refractivity contribution in [1.82, 2.24) is 10.1 Å². The molecule has 44 valence electrons. The van der Waals surface area contributed by atoms with Crippen molar-refractivity contribution in [2.75, 3.05) is 7.11 Å². The second-order valence-corrected chi connectivity index (χ2v) is 1.37. The first-order valence-electron chi connectivity index (χ1n) is 1.86. The van der Waals surface area contributed by atoms with Gasteiger partial charge in [-0.15, -0.1) is 4.98 Å². The third-order valence-electron chi connectivity index (χ3n) is 0.557. The van der Waals surface area contributed by atoms with Gasteiger partial charge in [0.2, 0.25) is 0 Å². The molecule has 0 saturated heterocycles. The van der Waals surface area contributed by atoms with E-state index in [2.05, 4.69) is 19.4 Å². The van der Waals surface area contributed by atoms with Crippen molar-refractivity contribution in [3.05, 3.63) is 5.28 Å². The molecule has 0 bridgehead atoms. The molecule has 0 spiro atoms. The second-order valence-electron chi connectivity index (χ2n) is 1.03. The van der Waals surface area contributed by atoms with Crippen LogP contribution in [-0.2, 0) is 0 Å². The molecule has 5 heteroatoms. The first-order valence-corrected chi connectivity index (χ1v) is 2.24. The number of methoxy groups -OCH3 is 1. The maximum Gasteiger partial charge on any atom is 0.418 e. The van der Waals surface area contributed by atoms with E-state index in [1.807, 2.05) is 0 Å². The summed E-state index contributed by atoms with van der Waals surface area (Å²) in [7, 11) is 1.42. The van der Waals surface area contributed by atoms with Gasteiger partial charge in [-0.25, -0.2) is 0 Å². The summed E-state index contributed by atoms with van der Waals surface area (Å²) in [6, 6.07) is 0. The van der Waals surface area contributed by atoms with Crippen molar-refractivity contribution in [2.45, 2.75) is 0 Å². The van der Waals surface area contributed by atoms with Crippen LogP contribution in [0, 0.1) is 0 Å². The Morgan fingerprint density at radius 2 is 2.50 bits per heavy atom. The highest BCUT2D eigenvalue weighted by atomic mass is 35.5. The molecule has 1 heterocycles. The van der Waals surface area contributed by atoms with E-state index < -0.39 is 0 Å². The van der Waals surface area contributed by atoms with Gasteiger partial charge in [0, 0.05) is 0 Å². The molecule has 0 aliphatic heterocycles. The molecule has 0 aliphatic rings. The number of nitrogens with zero attached hydrogens (tertiary/aromatic N) is 2. The second kappa shape index (κ2) is 2.00. The summed E-state index contributed by atoms with van der Waals surface area (Å²) in [5, 5.41) is 3.30. The molecule has 0 radical (unpaired) electrons. The van der Waals surface area contributed by atoms with E-state index in [0.717, 1.165) is 0 Å². The van der Waals surface area contributed by atoms with Gasteiger partial charge in [0.05, 0.1) is 7.11 Å². The van der Waals surface area contributed by atoms with Crippen molar-refractivity contribution < 1.29 is 9.26 Å². The quantitative estimate of drug-likeness (QED) is 0.568. The monoisotopic (exact) mass is 134 g/mol. The fourth-order valence-electron chi connectivity index (χ4n) is 0.276. The van der Waals surface area contributed by atoms with Crippen molar-refractivity contribution in [3.8, 4) is 6.08 Å². The lowest BCUT2D eigenvalue weighted by Gasteiger charge is -1.81. The normalized spacial score (nSPS) is 9.25.